The lowest BCUT2D eigenvalue weighted by Gasteiger charge is -2.29. The molecule has 2 saturated heterocycles. The smallest absolute Gasteiger partial charge is 0.407 e. The molecule has 0 spiro atoms. The number of nitrogens with zero attached hydrogens (tertiary/aromatic N) is 4. The molecule has 0 bridgehead atoms. The summed E-state index contributed by atoms with van der Waals surface area (Å²) < 4.78 is 40.7. The quantitative estimate of drug-likeness (QED) is 0.0720. The van der Waals surface area contributed by atoms with E-state index in [1.54, 1.807) is 64.4 Å². The van der Waals surface area contributed by atoms with Crippen molar-refractivity contribution in [3.63, 3.8) is 0 Å². The molecular formula is C44H46F2N8O8. The zero-order chi connectivity index (χ0) is 44.1. The van der Waals surface area contributed by atoms with Crippen molar-refractivity contribution in [1.29, 1.82) is 0 Å². The second-order valence-electron chi connectivity index (χ2n) is 16.6. The highest BCUT2D eigenvalue weighted by molar-refractivity contribution is 6.09. The average Bonchev–Trinajstić information content (AvgIpc) is 4.07. The minimum atomic E-state index is -1.34. The summed E-state index contributed by atoms with van der Waals surface area (Å²) in [7, 11) is 1.20. The molecule has 3 aromatic carbocycles. The first-order valence-corrected chi connectivity index (χ1v) is 20.4. The molecule has 3 aromatic heterocycles. The van der Waals surface area contributed by atoms with Crippen LogP contribution >= 0.6 is 0 Å². The minimum absolute atomic E-state index is 0.00343. The van der Waals surface area contributed by atoms with E-state index in [-0.39, 0.29) is 43.2 Å². The molecule has 0 aliphatic carbocycles. The summed E-state index contributed by atoms with van der Waals surface area (Å²) >= 11 is 0. The number of carboxylic acid groups (broad SMARTS) is 1. The second-order valence-corrected chi connectivity index (χ2v) is 16.6. The SMILES string of the molecule is COC(=O)NC(C(=O)N1C[C@H](F)C[C@H]1c1ncc(-c2ccc3oc4ccc5cc(-c6cnc([C@@H]7C[C@@H](F)CN7C(=O)C(NC(=O)O)C(C)C)[nH]6)ccc5c4c(=O)c3c2)[nH]1)C(C)C. The number of alkyl halides is 2. The number of halogens is 2. The molecule has 18 heteroatoms. The van der Waals surface area contributed by atoms with Crippen molar-refractivity contribution in [1.82, 2.24) is 40.4 Å². The molecule has 6 aromatic rings. The fraction of sp³-hybridized carbons (Fsp3) is 0.386. The van der Waals surface area contributed by atoms with Crippen LogP contribution in [0, 0.1) is 11.8 Å². The van der Waals surface area contributed by atoms with Gasteiger partial charge in [0.05, 0.1) is 66.8 Å². The number of hydrogen-bond acceptors (Lipinski definition) is 9. The summed E-state index contributed by atoms with van der Waals surface area (Å²) in [4.78, 5) is 83.0. The molecule has 2 unspecified atom stereocenters. The van der Waals surface area contributed by atoms with E-state index in [1.165, 1.54) is 16.9 Å². The molecule has 324 valence electrons. The first-order chi connectivity index (χ1) is 29.6. The van der Waals surface area contributed by atoms with Crippen LogP contribution < -0.4 is 16.1 Å². The van der Waals surface area contributed by atoms with E-state index in [1.807, 2.05) is 24.3 Å². The van der Waals surface area contributed by atoms with Crippen LogP contribution in [-0.4, -0.2) is 103 Å². The molecular weight excluding hydrogens is 807 g/mol. The Morgan fingerprint density at radius 3 is 1.85 bits per heavy atom. The first-order valence-electron chi connectivity index (χ1n) is 20.4. The molecule has 5 N–H and O–H groups in total. The standard InChI is InChI=1S/C44H46F2N8O8/c1-20(2)36(51-43(58)59)41(56)53-18-25(45)14-31(53)39-47-16-29(49-39)23-6-9-27-22(12-23)7-11-34-35(27)38(55)28-13-24(8-10-33(28)62-34)30-17-48-40(50-30)32-15-26(46)19-54(32)42(57)37(21(3)4)52-44(60)61-5/h6-13,16-17,20-21,25-26,31-32,36-37,51H,14-15,18-19H2,1-5H3,(H,47,49)(H,48,50)(H,52,60)(H,58,59)/t25-,26-,31+,32+,36?,37?/m1/s1. The maximum atomic E-state index is 14.9. The lowest BCUT2D eigenvalue weighted by atomic mass is 10.00. The highest BCUT2D eigenvalue weighted by atomic mass is 19.1. The number of alkyl carbamates (subject to hydrolysis) is 1. The van der Waals surface area contributed by atoms with Gasteiger partial charge in [-0.15, -0.1) is 0 Å². The number of fused-ring (bicyclic) bond motifs is 4. The number of aromatic amines is 2. The Balaban J connectivity index is 1.07. The summed E-state index contributed by atoms with van der Waals surface area (Å²) in [6.07, 6.45) is -1.55. The second kappa shape index (κ2) is 16.5. The number of carbonyl (C=O) groups excluding carboxylic acids is 3. The van der Waals surface area contributed by atoms with Crippen molar-refractivity contribution in [2.75, 3.05) is 20.2 Å². The maximum Gasteiger partial charge on any atom is 0.407 e. The van der Waals surface area contributed by atoms with E-state index in [0.717, 1.165) is 10.9 Å². The molecule has 2 fully saturated rings. The third kappa shape index (κ3) is 7.80. The van der Waals surface area contributed by atoms with Crippen LogP contribution in [0.3, 0.4) is 0 Å². The van der Waals surface area contributed by atoms with Crippen LogP contribution in [0.2, 0.25) is 0 Å². The fourth-order valence-corrected chi connectivity index (χ4v) is 8.60. The Hall–Kier alpha value is -6.85. The summed E-state index contributed by atoms with van der Waals surface area (Å²) in [6, 6.07) is 10.8. The molecule has 8 rings (SSSR count). The van der Waals surface area contributed by atoms with Gasteiger partial charge in [-0.05, 0) is 52.9 Å². The monoisotopic (exact) mass is 852 g/mol. The Morgan fingerprint density at radius 1 is 0.774 bits per heavy atom. The highest BCUT2D eigenvalue weighted by Crippen LogP contribution is 2.37. The van der Waals surface area contributed by atoms with Crippen molar-refractivity contribution in [2.24, 2.45) is 11.8 Å². The van der Waals surface area contributed by atoms with Gasteiger partial charge < -0.3 is 44.7 Å². The van der Waals surface area contributed by atoms with Crippen molar-refractivity contribution in [2.45, 2.75) is 77.0 Å². The van der Waals surface area contributed by atoms with E-state index in [0.29, 0.717) is 55.9 Å². The van der Waals surface area contributed by atoms with Gasteiger partial charge in [-0.25, -0.2) is 28.3 Å². The van der Waals surface area contributed by atoms with E-state index < -0.39 is 60.5 Å². The van der Waals surface area contributed by atoms with Crippen molar-refractivity contribution in [3.8, 4) is 22.5 Å². The van der Waals surface area contributed by atoms with Crippen LogP contribution in [0.1, 0.15) is 64.3 Å². The Morgan fingerprint density at radius 2 is 1.31 bits per heavy atom. The molecule has 4 amide bonds. The number of rotatable bonds is 10. The number of carbonyl (C=O) groups is 4. The van der Waals surface area contributed by atoms with Gasteiger partial charge in [-0.3, -0.25) is 14.4 Å². The van der Waals surface area contributed by atoms with Crippen LogP contribution in [0.5, 0.6) is 0 Å². The topological polar surface area (TPSA) is 216 Å². The van der Waals surface area contributed by atoms with Gasteiger partial charge in [0.15, 0.2) is 0 Å². The average molecular weight is 853 g/mol. The lowest BCUT2D eigenvalue weighted by Crippen LogP contribution is -2.51. The van der Waals surface area contributed by atoms with Crippen LogP contribution in [0.25, 0.3) is 55.2 Å². The molecule has 2 aliphatic heterocycles. The summed E-state index contributed by atoms with van der Waals surface area (Å²) in [5.74, 6) is -0.913. The minimum Gasteiger partial charge on any atom is -0.465 e. The molecule has 0 saturated carbocycles. The van der Waals surface area contributed by atoms with Gasteiger partial charge in [0.1, 0.15) is 47.2 Å². The van der Waals surface area contributed by atoms with Crippen LogP contribution in [-0.2, 0) is 14.3 Å². The van der Waals surface area contributed by atoms with Gasteiger partial charge in [-0.2, -0.15) is 0 Å². The van der Waals surface area contributed by atoms with E-state index in [2.05, 4.69) is 30.6 Å². The molecule has 16 nitrogen and oxygen atoms in total. The van der Waals surface area contributed by atoms with Gasteiger partial charge in [0.2, 0.25) is 17.2 Å². The third-order valence-electron chi connectivity index (χ3n) is 11.8. The van der Waals surface area contributed by atoms with E-state index >= 15 is 0 Å². The number of aromatic nitrogens is 4. The first kappa shape index (κ1) is 41.9. The number of methoxy groups -OCH3 is 1. The number of amides is 4. The number of nitrogens with one attached hydrogen (secondary N) is 4. The number of H-pyrrole nitrogens is 2. The lowest BCUT2D eigenvalue weighted by molar-refractivity contribution is -0.136. The molecule has 62 heavy (non-hydrogen) atoms. The largest absolute Gasteiger partial charge is 0.465 e. The Bertz CT molecular complexity index is 2780. The number of hydrogen-bond donors (Lipinski definition) is 5. The number of ether oxygens (including phenoxy) is 1. The van der Waals surface area contributed by atoms with E-state index in [4.69, 9.17) is 9.15 Å². The van der Waals surface area contributed by atoms with Gasteiger partial charge in [-0.1, -0.05) is 45.9 Å². The molecule has 5 heterocycles. The zero-order valence-corrected chi connectivity index (χ0v) is 34.6. The Kier molecular flexibility index (Phi) is 11.2. The summed E-state index contributed by atoms with van der Waals surface area (Å²) in [5.41, 5.74) is 2.96. The molecule has 2 aliphatic rings. The van der Waals surface area contributed by atoms with Crippen molar-refractivity contribution < 1.29 is 42.2 Å². The molecule has 0 radical (unpaired) electrons. The third-order valence-corrected chi connectivity index (χ3v) is 11.8. The zero-order valence-electron chi connectivity index (χ0n) is 34.6. The number of likely N-dealkylation sites (tertiary alicyclic amines) is 2. The fourth-order valence-electron chi connectivity index (χ4n) is 8.60. The summed E-state index contributed by atoms with van der Waals surface area (Å²) in [5, 5.41) is 16.2. The van der Waals surface area contributed by atoms with E-state index in [9.17, 15) is 37.9 Å². The van der Waals surface area contributed by atoms with Gasteiger partial charge in [0.25, 0.3) is 0 Å². The normalized spacial score (nSPS) is 20.1. The maximum absolute atomic E-state index is 14.9. The number of benzene rings is 3. The van der Waals surface area contributed by atoms with Crippen molar-refractivity contribution in [3.05, 3.63) is 82.8 Å². The molecule has 6 atom stereocenters. The Labute approximate surface area is 353 Å². The van der Waals surface area contributed by atoms with Crippen LogP contribution in [0.4, 0.5) is 18.4 Å². The van der Waals surface area contributed by atoms with Crippen LogP contribution in [0.15, 0.2) is 70.1 Å². The predicted molar refractivity (Wildman–Crippen MR) is 225 cm³/mol. The van der Waals surface area contributed by atoms with Gasteiger partial charge >= 0.3 is 12.2 Å². The predicted octanol–water partition coefficient (Wildman–Crippen LogP) is 6.78. The number of imidazole rings is 2. The highest BCUT2D eigenvalue weighted by Gasteiger charge is 2.43. The summed E-state index contributed by atoms with van der Waals surface area (Å²) in [6.45, 7) is 6.62. The van der Waals surface area contributed by atoms with Crippen molar-refractivity contribution >= 4 is 56.7 Å². The van der Waals surface area contributed by atoms with Gasteiger partial charge in [0, 0.05) is 24.0 Å².